The fourth-order valence-electron chi connectivity index (χ4n) is 2.01. The monoisotopic (exact) mass is 333 g/mol. The van der Waals surface area contributed by atoms with E-state index in [0.29, 0.717) is 23.3 Å². The number of nitrogen functional groups attached to an aromatic ring is 1. The van der Waals surface area contributed by atoms with E-state index >= 15 is 0 Å². The second-order valence-electron chi connectivity index (χ2n) is 4.43. The predicted molar refractivity (Wildman–Crippen MR) is 82.7 cm³/mol. The van der Waals surface area contributed by atoms with E-state index in [-0.39, 0.29) is 0 Å². The summed E-state index contributed by atoms with van der Waals surface area (Å²) in [6.45, 7) is 0.636. The van der Waals surface area contributed by atoms with E-state index in [1.807, 2.05) is 24.3 Å². The maximum atomic E-state index is 11.1. The maximum absolute atomic E-state index is 11.1. The highest BCUT2D eigenvalue weighted by molar-refractivity contribution is 9.10. The van der Waals surface area contributed by atoms with E-state index < -0.39 is 5.76 Å². The average Bonchev–Trinajstić information content (AvgIpc) is 2.75. The van der Waals surface area contributed by atoms with E-state index in [4.69, 9.17) is 10.2 Å². The topological polar surface area (TPSA) is 84.0 Å². The van der Waals surface area contributed by atoms with Crippen LogP contribution in [0.25, 0.3) is 11.1 Å². The highest BCUT2D eigenvalue weighted by atomic mass is 79.9. The lowest BCUT2D eigenvalue weighted by Crippen LogP contribution is -2.02. The van der Waals surface area contributed by atoms with Gasteiger partial charge in [-0.2, -0.15) is 0 Å². The second-order valence-corrected chi connectivity index (χ2v) is 5.35. The molecule has 2 aromatic carbocycles. The molecule has 0 saturated heterocycles. The molecular formula is C14H12BrN3O2. The molecule has 102 valence electrons. The van der Waals surface area contributed by atoms with Crippen LogP contribution in [-0.4, -0.2) is 4.98 Å². The van der Waals surface area contributed by atoms with Crippen molar-refractivity contribution < 1.29 is 4.42 Å². The number of nitrogens with one attached hydrogen (secondary N) is 2. The summed E-state index contributed by atoms with van der Waals surface area (Å²) in [5, 5.41) is 3.25. The Morgan fingerprint density at radius 2 is 2.15 bits per heavy atom. The Balaban J connectivity index is 1.86. The summed E-state index contributed by atoms with van der Waals surface area (Å²) >= 11 is 3.43. The quantitative estimate of drug-likeness (QED) is 0.643. The van der Waals surface area contributed by atoms with Crippen LogP contribution in [0.2, 0.25) is 0 Å². The Bertz CT molecular complexity index is 823. The van der Waals surface area contributed by atoms with Crippen molar-refractivity contribution in [3.05, 3.63) is 57.0 Å². The van der Waals surface area contributed by atoms with Crippen LogP contribution in [0.3, 0.4) is 0 Å². The van der Waals surface area contributed by atoms with Crippen LogP contribution in [0, 0.1) is 0 Å². The first-order valence-corrected chi connectivity index (χ1v) is 6.82. The van der Waals surface area contributed by atoms with Gasteiger partial charge < -0.3 is 15.5 Å². The summed E-state index contributed by atoms with van der Waals surface area (Å²) in [4.78, 5) is 13.7. The van der Waals surface area contributed by atoms with Gasteiger partial charge >= 0.3 is 5.76 Å². The molecule has 20 heavy (non-hydrogen) atoms. The number of nitrogens with two attached hydrogens (primary N) is 1. The van der Waals surface area contributed by atoms with Crippen molar-refractivity contribution in [2.24, 2.45) is 0 Å². The van der Waals surface area contributed by atoms with Gasteiger partial charge in [-0.3, -0.25) is 4.98 Å². The summed E-state index contributed by atoms with van der Waals surface area (Å²) < 4.78 is 5.98. The van der Waals surface area contributed by atoms with Gasteiger partial charge in [0.05, 0.1) is 16.9 Å². The van der Waals surface area contributed by atoms with Crippen molar-refractivity contribution in [3.63, 3.8) is 0 Å². The van der Waals surface area contributed by atoms with Gasteiger partial charge in [0.2, 0.25) is 0 Å². The van der Waals surface area contributed by atoms with E-state index in [0.717, 1.165) is 15.7 Å². The Kier molecular flexibility index (Phi) is 3.23. The minimum absolute atomic E-state index is 0.459. The van der Waals surface area contributed by atoms with Crippen LogP contribution in [0.5, 0.6) is 0 Å². The van der Waals surface area contributed by atoms with Crippen molar-refractivity contribution in [1.82, 2.24) is 4.98 Å². The molecule has 5 nitrogen and oxygen atoms in total. The number of aromatic nitrogens is 1. The van der Waals surface area contributed by atoms with Gasteiger partial charge in [0.1, 0.15) is 0 Å². The molecule has 0 bridgehead atoms. The molecule has 0 spiro atoms. The van der Waals surface area contributed by atoms with Crippen LogP contribution >= 0.6 is 15.9 Å². The van der Waals surface area contributed by atoms with Gasteiger partial charge in [0.15, 0.2) is 5.58 Å². The summed E-state index contributed by atoms with van der Waals surface area (Å²) in [6.07, 6.45) is 0. The minimum Gasteiger partial charge on any atom is -0.408 e. The molecule has 0 amide bonds. The summed E-state index contributed by atoms with van der Waals surface area (Å²) in [6, 6.07) is 11.4. The Morgan fingerprint density at radius 1 is 1.30 bits per heavy atom. The molecule has 1 heterocycles. The highest BCUT2D eigenvalue weighted by Crippen LogP contribution is 2.25. The van der Waals surface area contributed by atoms with Crippen LogP contribution < -0.4 is 16.8 Å². The molecule has 1 aromatic heterocycles. The zero-order valence-electron chi connectivity index (χ0n) is 10.4. The molecular weight excluding hydrogens is 322 g/mol. The number of benzene rings is 2. The Hall–Kier alpha value is -2.21. The molecule has 0 atom stereocenters. The van der Waals surface area contributed by atoms with Crippen LogP contribution in [0.1, 0.15) is 5.56 Å². The third-order valence-corrected chi connectivity index (χ3v) is 3.46. The van der Waals surface area contributed by atoms with Crippen molar-refractivity contribution in [3.8, 4) is 0 Å². The largest absolute Gasteiger partial charge is 0.417 e. The van der Waals surface area contributed by atoms with E-state index in [9.17, 15) is 4.79 Å². The molecule has 0 aliphatic rings. The third kappa shape index (κ3) is 2.55. The number of halogens is 1. The van der Waals surface area contributed by atoms with Gasteiger partial charge in [0.25, 0.3) is 0 Å². The van der Waals surface area contributed by atoms with Crippen molar-refractivity contribution >= 4 is 38.4 Å². The van der Waals surface area contributed by atoms with E-state index in [1.54, 1.807) is 12.1 Å². The SMILES string of the molecule is Nc1cc2oc(=O)[nH]c2cc1NCc1cccc(Br)c1. The Morgan fingerprint density at radius 3 is 2.95 bits per heavy atom. The Labute approximate surface area is 122 Å². The molecule has 0 fully saturated rings. The maximum Gasteiger partial charge on any atom is 0.417 e. The average molecular weight is 334 g/mol. The minimum atomic E-state index is -0.483. The molecule has 3 aromatic rings. The molecule has 3 rings (SSSR count). The third-order valence-electron chi connectivity index (χ3n) is 2.96. The van der Waals surface area contributed by atoms with Crippen molar-refractivity contribution in [2.75, 3.05) is 11.1 Å². The zero-order chi connectivity index (χ0) is 14.1. The first-order valence-electron chi connectivity index (χ1n) is 6.02. The first-order chi connectivity index (χ1) is 9.61. The molecule has 0 aliphatic heterocycles. The standard InChI is InChI=1S/C14H12BrN3O2/c15-9-3-1-2-8(4-9)7-17-11-6-12-13(5-10(11)16)20-14(19)18-12/h1-6,17H,7,16H2,(H,18,19). The molecule has 0 radical (unpaired) electrons. The van der Waals surface area contributed by atoms with Gasteiger partial charge in [0, 0.05) is 17.1 Å². The van der Waals surface area contributed by atoms with Crippen LogP contribution in [0.15, 0.2) is 50.1 Å². The smallest absolute Gasteiger partial charge is 0.408 e. The predicted octanol–water partition coefficient (Wildman–Crippen LogP) is 3.08. The number of hydrogen-bond donors (Lipinski definition) is 3. The number of rotatable bonds is 3. The van der Waals surface area contributed by atoms with E-state index in [2.05, 4.69) is 26.2 Å². The van der Waals surface area contributed by atoms with Crippen molar-refractivity contribution in [1.29, 1.82) is 0 Å². The van der Waals surface area contributed by atoms with Gasteiger partial charge in [-0.1, -0.05) is 28.1 Å². The fourth-order valence-corrected chi connectivity index (χ4v) is 2.46. The van der Waals surface area contributed by atoms with Gasteiger partial charge in [-0.15, -0.1) is 0 Å². The highest BCUT2D eigenvalue weighted by Gasteiger charge is 2.06. The normalized spacial score (nSPS) is 10.8. The van der Waals surface area contributed by atoms with Gasteiger partial charge in [-0.05, 0) is 23.8 Å². The lowest BCUT2D eigenvalue weighted by atomic mass is 10.2. The molecule has 4 N–H and O–H groups in total. The molecule has 0 saturated carbocycles. The van der Waals surface area contributed by atoms with Crippen molar-refractivity contribution in [2.45, 2.75) is 6.54 Å². The fraction of sp³-hybridized carbons (Fsp3) is 0.0714. The molecule has 0 unspecified atom stereocenters. The number of anilines is 2. The lowest BCUT2D eigenvalue weighted by molar-refractivity contribution is 0.555. The molecule has 0 aliphatic carbocycles. The zero-order valence-corrected chi connectivity index (χ0v) is 12.0. The number of hydrogen-bond acceptors (Lipinski definition) is 4. The van der Waals surface area contributed by atoms with Gasteiger partial charge in [-0.25, -0.2) is 4.79 Å². The number of fused-ring (bicyclic) bond motifs is 1. The van der Waals surface area contributed by atoms with Crippen LogP contribution in [0.4, 0.5) is 11.4 Å². The molecule has 6 heteroatoms. The lowest BCUT2D eigenvalue weighted by Gasteiger charge is -2.09. The second kappa shape index (κ2) is 5.05. The number of oxazole rings is 1. The summed E-state index contributed by atoms with van der Waals surface area (Å²) in [5.41, 5.74) is 9.45. The first kappa shape index (κ1) is 12.8. The summed E-state index contributed by atoms with van der Waals surface area (Å²) in [5.74, 6) is -0.483. The summed E-state index contributed by atoms with van der Waals surface area (Å²) in [7, 11) is 0. The number of H-pyrrole nitrogens is 1. The van der Waals surface area contributed by atoms with E-state index in [1.165, 1.54) is 0 Å². The van der Waals surface area contributed by atoms with Crippen LogP contribution in [-0.2, 0) is 6.54 Å². The number of aromatic amines is 1.